The van der Waals surface area contributed by atoms with Crippen LogP contribution in [0.5, 0.6) is 0 Å². The number of rotatable bonds is 3. The first-order valence-corrected chi connectivity index (χ1v) is 6.69. The monoisotopic (exact) mass is 275 g/mol. The Balaban J connectivity index is 2.13. The molecule has 0 unspecified atom stereocenters. The number of nitro benzene ring substituents is 1. The lowest BCUT2D eigenvalue weighted by Gasteiger charge is -2.12. The number of amides is 1. The van der Waals surface area contributed by atoms with Crippen molar-refractivity contribution in [2.45, 2.75) is 39.0 Å². The third kappa shape index (κ3) is 3.20. The molecule has 20 heavy (non-hydrogen) atoms. The highest BCUT2D eigenvalue weighted by molar-refractivity contribution is 5.97. The molecule has 0 aromatic heterocycles. The molecule has 0 radical (unpaired) electrons. The Bertz CT molecular complexity index is 559. The van der Waals surface area contributed by atoms with Crippen LogP contribution in [0.1, 0.15) is 48.0 Å². The number of hydrogen-bond donors (Lipinski definition) is 1. The van der Waals surface area contributed by atoms with Gasteiger partial charge in [-0.05, 0) is 38.7 Å². The molecule has 0 heterocycles. The molecule has 1 aliphatic rings. The van der Waals surface area contributed by atoms with Crippen LogP contribution < -0.4 is 5.43 Å². The van der Waals surface area contributed by atoms with Crippen molar-refractivity contribution >= 4 is 17.3 Å². The Morgan fingerprint density at radius 1 is 1.30 bits per heavy atom. The van der Waals surface area contributed by atoms with Crippen molar-refractivity contribution in [1.82, 2.24) is 5.43 Å². The van der Waals surface area contributed by atoms with Gasteiger partial charge in [0.1, 0.15) is 0 Å². The number of nitro groups is 1. The molecule has 2 rings (SSSR count). The molecular formula is C14H17N3O3. The van der Waals surface area contributed by atoms with Crippen molar-refractivity contribution in [1.29, 1.82) is 0 Å². The summed E-state index contributed by atoms with van der Waals surface area (Å²) in [5, 5.41) is 15.0. The van der Waals surface area contributed by atoms with Gasteiger partial charge in [-0.3, -0.25) is 14.9 Å². The Morgan fingerprint density at radius 3 is 2.65 bits per heavy atom. The molecule has 1 aromatic carbocycles. The Morgan fingerprint density at radius 2 is 2.00 bits per heavy atom. The van der Waals surface area contributed by atoms with Crippen molar-refractivity contribution in [3.63, 3.8) is 0 Å². The predicted molar refractivity (Wildman–Crippen MR) is 75.8 cm³/mol. The summed E-state index contributed by atoms with van der Waals surface area (Å²) in [4.78, 5) is 22.4. The molecule has 106 valence electrons. The van der Waals surface area contributed by atoms with Crippen molar-refractivity contribution in [3.8, 4) is 0 Å². The van der Waals surface area contributed by atoms with E-state index >= 15 is 0 Å². The summed E-state index contributed by atoms with van der Waals surface area (Å²) in [6, 6.07) is 4.46. The lowest BCUT2D eigenvalue weighted by Crippen LogP contribution is -2.21. The zero-order chi connectivity index (χ0) is 14.5. The van der Waals surface area contributed by atoms with E-state index in [1.807, 2.05) is 0 Å². The van der Waals surface area contributed by atoms with Gasteiger partial charge in [-0.15, -0.1) is 0 Å². The highest BCUT2D eigenvalue weighted by Gasteiger charge is 2.17. The van der Waals surface area contributed by atoms with Gasteiger partial charge in [-0.25, -0.2) is 5.43 Å². The maximum Gasteiger partial charge on any atom is 0.273 e. The molecule has 0 atom stereocenters. The largest absolute Gasteiger partial charge is 0.273 e. The van der Waals surface area contributed by atoms with Crippen LogP contribution in [0.4, 0.5) is 5.69 Å². The molecule has 6 nitrogen and oxygen atoms in total. The van der Waals surface area contributed by atoms with Crippen molar-refractivity contribution in [2.75, 3.05) is 0 Å². The van der Waals surface area contributed by atoms with Gasteiger partial charge in [0, 0.05) is 17.3 Å². The summed E-state index contributed by atoms with van der Waals surface area (Å²) in [6.45, 7) is 1.57. The summed E-state index contributed by atoms with van der Waals surface area (Å²) >= 11 is 0. The van der Waals surface area contributed by atoms with Crippen LogP contribution in [0, 0.1) is 17.0 Å². The van der Waals surface area contributed by atoms with Crippen LogP contribution in [0.3, 0.4) is 0 Å². The van der Waals surface area contributed by atoms with Gasteiger partial charge >= 0.3 is 0 Å². The number of hydrazone groups is 1. The number of carbonyl (C=O) groups excluding carboxylic acids is 1. The van der Waals surface area contributed by atoms with Crippen molar-refractivity contribution < 1.29 is 9.72 Å². The first-order chi connectivity index (χ1) is 9.59. The topological polar surface area (TPSA) is 84.6 Å². The van der Waals surface area contributed by atoms with E-state index in [0.717, 1.165) is 31.4 Å². The van der Waals surface area contributed by atoms with E-state index in [4.69, 9.17) is 0 Å². The molecule has 0 aliphatic heterocycles. The van der Waals surface area contributed by atoms with Gasteiger partial charge in [0.05, 0.1) is 10.5 Å². The van der Waals surface area contributed by atoms with Crippen molar-refractivity contribution in [3.05, 3.63) is 39.4 Å². The van der Waals surface area contributed by atoms with Crippen molar-refractivity contribution in [2.24, 2.45) is 5.10 Å². The summed E-state index contributed by atoms with van der Waals surface area (Å²) in [5.74, 6) is -0.399. The standard InChI is InChI=1S/C14H17N3O3/c1-10-12(8-5-9-13(10)17(19)20)14(18)16-15-11-6-3-2-4-7-11/h5,8-9H,2-4,6-7H2,1H3,(H,16,18). The second kappa shape index (κ2) is 6.27. The number of nitrogens with zero attached hydrogens (tertiary/aromatic N) is 2. The predicted octanol–water partition coefficient (Wildman–Crippen LogP) is 2.95. The van der Waals surface area contributed by atoms with E-state index in [1.54, 1.807) is 13.0 Å². The van der Waals surface area contributed by atoms with Gasteiger partial charge in [0.2, 0.25) is 0 Å². The first kappa shape index (κ1) is 14.2. The smallest absolute Gasteiger partial charge is 0.267 e. The van der Waals surface area contributed by atoms with Crippen LogP contribution in [0.2, 0.25) is 0 Å². The third-order valence-electron chi connectivity index (χ3n) is 3.49. The number of benzene rings is 1. The molecule has 1 aliphatic carbocycles. The Hall–Kier alpha value is -2.24. The van der Waals surface area contributed by atoms with E-state index < -0.39 is 10.8 Å². The molecule has 1 saturated carbocycles. The Labute approximate surface area is 117 Å². The first-order valence-electron chi connectivity index (χ1n) is 6.69. The van der Waals surface area contributed by atoms with Gasteiger partial charge < -0.3 is 0 Å². The summed E-state index contributed by atoms with van der Waals surface area (Å²) in [5.41, 5.74) is 4.09. The lowest BCUT2D eigenvalue weighted by atomic mass is 9.99. The molecule has 1 fully saturated rings. The fraction of sp³-hybridized carbons (Fsp3) is 0.429. The summed E-state index contributed by atoms with van der Waals surface area (Å²) in [7, 11) is 0. The zero-order valence-electron chi connectivity index (χ0n) is 11.4. The van der Waals surface area contributed by atoms with E-state index in [2.05, 4.69) is 10.5 Å². The fourth-order valence-electron chi connectivity index (χ4n) is 2.33. The maximum atomic E-state index is 12.0. The van der Waals surface area contributed by atoms with Crippen LogP contribution in [0.15, 0.2) is 23.3 Å². The van der Waals surface area contributed by atoms with Crippen LogP contribution in [-0.4, -0.2) is 16.5 Å². The third-order valence-corrected chi connectivity index (χ3v) is 3.49. The molecular weight excluding hydrogens is 258 g/mol. The van der Waals surface area contributed by atoms with Crippen LogP contribution in [0.25, 0.3) is 0 Å². The van der Waals surface area contributed by atoms with E-state index in [9.17, 15) is 14.9 Å². The molecule has 0 spiro atoms. The lowest BCUT2D eigenvalue weighted by molar-refractivity contribution is -0.385. The van der Waals surface area contributed by atoms with E-state index in [0.29, 0.717) is 11.1 Å². The van der Waals surface area contributed by atoms with Crippen LogP contribution in [-0.2, 0) is 0 Å². The average Bonchev–Trinajstić information content (AvgIpc) is 2.46. The van der Waals surface area contributed by atoms with Gasteiger partial charge in [-0.1, -0.05) is 12.5 Å². The fourth-order valence-corrected chi connectivity index (χ4v) is 2.33. The van der Waals surface area contributed by atoms with Crippen LogP contribution >= 0.6 is 0 Å². The Kier molecular flexibility index (Phi) is 4.45. The SMILES string of the molecule is Cc1c(C(=O)NN=C2CCCCC2)cccc1[N+](=O)[O-]. The quantitative estimate of drug-likeness (QED) is 0.679. The normalized spacial score (nSPS) is 14.8. The second-order valence-corrected chi connectivity index (χ2v) is 4.89. The second-order valence-electron chi connectivity index (χ2n) is 4.89. The number of nitrogens with one attached hydrogen (secondary N) is 1. The number of carbonyl (C=O) groups is 1. The highest BCUT2D eigenvalue weighted by atomic mass is 16.6. The molecule has 1 aromatic rings. The number of hydrogen-bond acceptors (Lipinski definition) is 4. The molecule has 0 saturated heterocycles. The molecule has 1 amide bonds. The minimum Gasteiger partial charge on any atom is -0.267 e. The van der Waals surface area contributed by atoms with E-state index in [-0.39, 0.29) is 5.69 Å². The summed E-state index contributed by atoms with van der Waals surface area (Å²) in [6.07, 6.45) is 5.23. The van der Waals surface area contributed by atoms with Gasteiger partial charge in [-0.2, -0.15) is 5.10 Å². The summed E-state index contributed by atoms with van der Waals surface area (Å²) < 4.78 is 0. The molecule has 6 heteroatoms. The highest BCUT2D eigenvalue weighted by Crippen LogP contribution is 2.21. The zero-order valence-corrected chi connectivity index (χ0v) is 11.4. The minimum atomic E-state index is -0.487. The molecule has 1 N–H and O–H groups in total. The molecule has 0 bridgehead atoms. The average molecular weight is 275 g/mol. The van der Waals surface area contributed by atoms with E-state index in [1.165, 1.54) is 18.6 Å². The maximum absolute atomic E-state index is 12.0. The minimum absolute atomic E-state index is 0.0528. The van der Waals surface area contributed by atoms with Gasteiger partial charge in [0.25, 0.3) is 11.6 Å². The van der Waals surface area contributed by atoms with Gasteiger partial charge in [0.15, 0.2) is 0 Å².